The number of aromatic hydroxyl groups is 1. The number of halogens is 1. The van der Waals surface area contributed by atoms with Gasteiger partial charge in [-0.25, -0.2) is 4.85 Å². The van der Waals surface area contributed by atoms with Crippen molar-refractivity contribution >= 4 is 29.1 Å². The van der Waals surface area contributed by atoms with E-state index < -0.39 is 0 Å². The first-order valence-electron chi connectivity index (χ1n) is 9.61. The van der Waals surface area contributed by atoms with Gasteiger partial charge in [-0.2, -0.15) is 0 Å². The third-order valence-corrected chi connectivity index (χ3v) is 5.52. The molecule has 2 aromatic carbocycles. The first-order chi connectivity index (χ1) is 14.4. The van der Waals surface area contributed by atoms with Crippen LogP contribution in [0.15, 0.2) is 49.1 Å². The zero-order valence-corrected chi connectivity index (χ0v) is 17.2. The normalized spacial score (nSPS) is 13.6. The number of carbonyl (C=O) groups is 2. The highest BCUT2D eigenvalue weighted by molar-refractivity contribution is 6.33. The summed E-state index contributed by atoms with van der Waals surface area (Å²) in [7, 11) is 0. The zero-order chi connectivity index (χ0) is 21.7. The predicted octanol–water partition coefficient (Wildman–Crippen LogP) is 4.05. The van der Waals surface area contributed by atoms with E-state index >= 15 is 0 Å². The second-order valence-corrected chi connectivity index (χ2v) is 7.44. The summed E-state index contributed by atoms with van der Waals surface area (Å²) in [4.78, 5) is 31.0. The maximum atomic E-state index is 12.6. The van der Waals surface area contributed by atoms with E-state index in [0.29, 0.717) is 48.9 Å². The molecule has 0 unspecified atom stereocenters. The summed E-state index contributed by atoms with van der Waals surface area (Å²) in [5.74, 6) is -0.0844. The minimum atomic E-state index is -0.120. The SMILES string of the molecule is [C-]#[N+]c1ccc(-c2cc(CCC(=O)N3CCN(C(=O)C=C)CC3)c(O)cc2Cl)cc1. The Balaban J connectivity index is 1.66. The Kier molecular flexibility index (Phi) is 6.76. The van der Waals surface area contributed by atoms with Crippen molar-refractivity contribution in [2.45, 2.75) is 12.8 Å². The lowest BCUT2D eigenvalue weighted by molar-refractivity contribution is -0.137. The molecule has 0 spiro atoms. The minimum absolute atomic E-state index is 0.0157. The molecule has 6 nitrogen and oxygen atoms in total. The lowest BCUT2D eigenvalue weighted by Gasteiger charge is -2.34. The Hall–Kier alpha value is -3.30. The summed E-state index contributed by atoms with van der Waals surface area (Å²) >= 11 is 6.31. The average Bonchev–Trinajstić information content (AvgIpc) is 2.78. The van der Waals surface area contributed by atoms with Crippen LogP contribution in [-0.4, -0.2) is 52.9 Å². The topological polar surface area (TPSA) is 65.2 Å². The summed E-state index contributed by atoms with van der Waals surface area (Å²) in [5, 5.41) is 10.7. The first-order valence-corrected chi connectivity index (χ1v) is 9.99. The Morgan fingerprint density at radius 2 is 1.77 bits per heavy atom. The van der Waals surface area contributed by atoms with Gasteiger partial charge < -0.3 is 14.9 Å². The number of phenolic OH excluding ortho intramolecular Hbond substituents is 1. The van der Waals surface area contributed by atoms with Crippen LogP contribution in [0.25, 0.3) is 16.0 Å². The molecule has 2 aromatic rings. The van der Waals surface area contributed by atoms with Gasteiger partial charge in [-0.15, -0.1) is 0 Å². The van der Waals surface area contributed by atoms with Crippen LogP contribution in [0.2, 0.25) is 5.02 Å². The molecular formula is C23H22ClN3O3. The monoisotopic (exact) mass is 423 g/mol. The first kappa shape index (κ1) is 21.4. The second-order valence-electron chi connectivity index (χ2n) is 7.03. The highest BCUT2D eigenvalue weighted by Crippen LogP contribution is 2.35. The summed E-state index contributed by atoms with van der Waals surface area (Å²) in [6.45, 7) is 12.5. The molecule has 0 saturated carbocycles. The molecular weight excluding hydrogens is 402 g/mol. The number of aryl methyl sites for hydroxylation is 1. The smallest absolute Gasteiger partial charge is 0.246 e. The molecule has 0 radical (unpaired) electrons. The molecule has 0 bridgehead atoms. The Morgan fingerprint density at radius 3 is 2.37 bits per heavy atom. The van der Waals surface area contributed by atoms with E-state index in [1.165, 1.54) is 12.1 Å². The van der Waals surface area contributed by atoms with Crippen molar-refractivity contribution in [3.63, 3.8) is 0 Å². The molecule has 0 aliphatic carbocycles. The zero-order valence-electron chi connectivity index (χ0n) is 16.5. The molecule has 1 N–H and O–H groups in total. The summed E-state index contributed by atoms with van der Waals surface area (Å²) < 4.78 is 0. The van der Waals surface area contributed by atoms with Gasteiger partial charge in [0.1, 0.15) is 5.75 Å². The van der Waals surface area contributed by atoms with E-state index in [-0.39, 0.29) is 24.0 Å². The molecule has 154 valence electrons. The van der Waals surface area contributed by atoms with Crippen molar-refractivity contribution in [1.82, 2.24) is 9.80 Å². The number of hydrogen-bond acceptors (Lipinski definition) is 3. The molecule has 0 atom stereocenters. The number of benzene rings is 2. The van der Waals surface area contributed by atoms with Crippen LogP contribution in [0.3, 0.4) is 0 Å². The molecule has 1 fully saturated rings. The van der Waals surface area contributed by atoms with Gasteiger partial charge in [0.25, 0.3) is 0 Å². The molecule has 3 rings (SSSR count). The van der Waals surface area contributed by atoms with Crippen LogP contribution in [0.4, 0.5) is 5.69 Å². The van der Waals surface area contributed by atoms with Gasteiger partial charge in [0.15, 0.2) is 5.69 Å². The standard InChI is InChI=1S/C23H22ClN3O3/c1-3-22(29)26-10-12-27(13-11-26)23(30)9-6-17-14-19(20(24)15-21(17)28)16-4-7-18(25-2)8-5-16/h3-5,7-8,14-15,28H,1,6,9-13H2. The molecule has 1 aliphatic rings. The third-order valence-electron chi connectivity index (χ3n) is 5.20. The van der Waals surface area contributed by atoms with Crippen molar-refractivity contribution in [3.8, 4) is 16.9 Å². The van der Waals surface area contributed by atoms with Crippen molar-refractivity contribution in [2.75, 3.05) is 26.2 Å². The number of rotatable bonds is 5. The van der Waals surface area contributed by atoms with Crippen molar-refractivity contribution in [3.05, 3.63) is 71.1 Å². The van der Waals surface area contributed by atoms with Crippen molar-refractivity contribution < 1.29 is 14.7 Å². The fraction of sp³-hybridized carbons (Fsp3) is 0.261. The molecule has 7 heteroatoms. The summed E-state index contributed by atoms with van der Waals surface area (Å²) in [6.07, 6.45) is 1.91. The molecule has 2 amide bonds. The van der Waals surface area contributed by atoms with Gasteiger partial charge in [-0.1, -0.05) is 42.4 Å². The molecule has 0 aromatic heterocycles. The number of nitrogens with zero attached hydrogens (tertiary/aromatic N) is 3. The average molecular weight is 424 g/mol. The van der Waals surface area contributed by atoms with Crippen LogP contribution in [0.5, 0.6) is 5.75 Å². The van der Waals surface area contributed by atoms with E-state index in [1.54, 1.807) is 28.0 Å². The Bertz CT molecular complexity index is 1000. The predicted molar refractivity (Wildman–Crippen MR) is 116 cm³/mol. The highest BCUT2D eigenvalue weighted by Gasteiger charge is 2.23. The van der Waals surface area contributed by atoms with E-state index in [0.717, 1.165) is 11.1 Å². The highest BCUT2D eigenvalue weighted by atomic mass is 35.5. The molecule has 1 aliphatic heterocycles. The van der Waals surface area contributed by atoms with Gasteiger partial charge >= 0.3 is 0 Å². The Morgan fingerprint density at radius 1 is 1.13 bits per heavy atom. The van der Waals surface area contributed by atoms with Crippen LogP contribution in [0, 0.1) is 6.57 Å². The molecule has 1 heterocycles. The van der Waals surface area contributed by atoms with Crippen LogP contribution in [-0.2, 0) is 16.0 Å². The largest absolute Gasteiger partial charge is 0.508 e. The second kappa shape index (κ2) is 9.47. The van der Waals surface area contributed by atoms with Gasteiger partial charge in [0, 0.05) is 38.2 Å². The third kappa shape index (κ3) is 4.81. The maximum absolute atomic E-state index is 12.6. The number of carbonyl (C=O) groups excluding carboxylic acids is 2. The van der Waals surface area contributed by atoms with E-state index in [9.17, 15) is 14.7 Å². The number of amides is 2. The molecule has 30 heavy (non-hydrogen) atoms. The van der Waals surface area contributed by atoms with Gasteiger partial charge in [0.2, 0.25) is 11.8 Å². The van der Waals surface area contributed by atoms with Crippen LogP contribution < -0.4 is 0 Å². The fourth-order valence-corrected chi connectivity index (χ4v) is 3.72. The Labute approximate surface area is 180 Å². The number of phenols is 1. The van der Waals surface area contributed by atoms with Gasteiger partial charge in [-0.05, 0) is 35.8 Å². The number of hydrogen-bond donors (Lipinski definition) is 1. The van der Waals surface area contributed by atoms with E-state index in [2.05, 4.69) is 11.4 Å². The van der Waals surface area contributed by atoms with E-state index in [4.69, 9.17) is 18.2 Å². The summed E-state index contributed by atoms with van der Waals surface area (Å²) in [5.41, 5.74) is 2.75. The lowest BCUT2D eigenvalue weighted by Crippen LogP contribution is -2.50. The van der Waals surface area contributed by atoms with Gasteiger partial charge in [0.05, 0.1) is 11.6 Å². The summed E-state index contributed by atoms with van der Waals surface area (Å²) in [6, 6.07) is 10.3. The molecule has 1 saturated heterocycles. The lowest BCUT2D eigenvalue weighted by atomic mass is 9.99. The van der Waals surface area contributed by atoms with Gasteiger partial charge in [-0.3, -0.25) is 9.59 Å². The van der Waals surface area contributed by atoms with Crippen LogP contribution in [0.1, 0.15) is 12.0 Å². The maximum Gasteiger partial charge on any atom is 0.246 e. The van der Waals surface area contributed by atoms with E-state index in [1.807, 2.05) is 12.1 Å². The minimum Gasteiger partial charge on any atom is -0.508 e. The van der Waals surface area contributed by atoms with Crippen molar-refractivity contribution in [2.24, 2.45) is 0 Å². The fourth-order valence-electron chi connectivity index (χ4n) is 3.45. The number of piperazine rings is 1. The quantitative estimate of drug-likeness (QED) is 0.582. The van der Waals surface area contributed by atoms with Crippen LogP contribution >= 0.6 is 11.6 Å². The van der Waals surface area contributed by atoms with Crippen molar-refractivity contribution in [1.29, 1.82) is 0 Å².